The van der Waals surface area contributed by atoms with E-state index >= 15 is 0 Å². The molecule has 0 spiro atoms. The fourth-order valence-electron chi connectivity index (χ4n) is 2.05. The van der Waals surface area contributed by atoms with Gasteiger partial charge in [-0.3, -0.25) is 0 Å². The Balaban J connectivity index is 2.11. The average molecular weight is 391 g/mol. The molecule has 25 heavy (non-hydrogen) atoms. The van der Waals surface area contributed by atoms with Crippen LogP contribution in [0.2, 0.25) is 10.0 Å². The number of unbranched alkanes of at least 4 members (excludes halogenated alkanes) is 5. The van der Waals surface area contributed by atoms with Gasteiger partial charge < -0.3 is 14.2 Å². The van der Waals surface area contributed by atoms with E-state index in [2.05, 4.69) is 6.92 Å². The van der Waals surface area contributed by atoms with E-state index in [9.17, 15) is 9.59 Å². The number of benzene rings is 1. The molecule has 1 rings (SSSR count). The Morgan fingerprint density at radius 2 is 1.52 bits per heavy atom. The smallest absolute Gasteiger partial charge is 0.337 e. The van der Waals surface area contributed by atoms with Crippen molar-refractivity contribution in [3.8, 4) is 5.75 Å². The van der Waals surface area contributed by atoms with Crippen LogP contribution in [-0.4, -0.2) is 31.8 Å². The van der Waals surface area contributed by atoms with Gasteiger partial charge in [-0.05, 0) is 18.6 Å². The summed E-state index contributed by atoms with van der Waals surface area (Å²) in [6.45, 7) is 1.84. The van der Waals surface area contributed by atoms with E-state index in [0.717, 1.165) is 19.3 Å². The van der Waals surface area contributed by atoms with Gasteiger partial charge in [0.1, 0.15) is 13.2 Å². The van der Waals surface area contributed by atoms with Gasteiger partial charge in [0.15, 0.2) is 5.75 Å². The van der Waals surface area contributed by atoms with Crippen molar-refractivity contribution in [2.45, 2.75) is 45.4 Å². The Bertz CT molecular complexity index is 528. The highest BCUT2D eigenvalue weighted by Crippen LogP contribution is 2.32. The van der Waals surface area contributed by atoms with Crippen molar-refractivity contribution in [3.05, 3.63) is 28.2 Å². The van der Waals surface area contributed by atoms with Crippen molar-refractivity contribution in [2.24, 2.45) is 0 Å². The summed E-state index contributed by atoms with van der Waals surface area (Å²) in [6, 6.07) is 4.74. The predicted molar refractivity (Wildman–Crippen MR) is 97.3 cm³/mol. The van der Waals surface area contributed by atoms with Crippen LogP contribution >= 0.6 is 23.2 Å². The number of carbonyl (C=O) groups is 2. The predicted octanol–water partition coefficient (Wildman–Crippen LogP) is 4.82. The van der Waals surface area contributed by atoms with Crippen molar-refractivity contribution < 1.29 is 23.8 Å². The zero-order valence-corrected chi connectivity index (χ0v) is 15.9. The molecule has 0 saturated heterocycles. The minimum absolute atomic E-state index is 0.0742. The van der Waals surface area contributed by atoms with Crippen LogP contribution in [0.3, 0.4) is 0 Å². The highest BCUT2D eigenvalue weighted by molar-refractivity contribution is 6.37. The number of hydrogen-bond donors (Lipinski definition) is 0. The van der Waals surface area contributed by atoms with E-state index in [-0.39, 0.29) is 22.4 Å². The lowest BCUT2D eigenvalue weighted by molar-refractivity contribution is -0.152. The topological polar surface area (TPSA) is 61.8 Å². The monoisotopic (exact) mass is 390 g/mol. The summed E-state index contributed by atoms with van der Waals surface area (Å²) in [4.78, 5) is 23.2. The Labute approximate surface area is 158 Å². The minimum Gasteiger partial charge on any atom is -0.464 e. The second-order valence-corrected chi connectivity index (χ2v) is 6.32. The van der Waals surface area contributed by atoms with E-state index in [1.54, 1.807) is 18.2 Å². The summed E-state index contributed by atoms with van der Waals surface area (Å²) in [6.07, 6.45) is 6.69. The molecule has 0 amide bonds. The summed E-state index contributed by atoms with van der Waals surface area (Å²) in [5.74, 6) is -1.12. The first-order valence-corrected chi connectivity index (χ1v) is 9.18. The number of esters is 2. The highest BCUT2D eigenvalue weighted by Gasteiger charge is 2.13. The van der Waals surface area contributed by atoms with E-state index in [0.29, 0.717) is 6.61 Å². The van der Waals surface area contributed by atoms with Gasteiger partial charge in [-0.25, -0.2) is 9.59 Å². The summed E-state index contributed by atoms with van der Waals surface area (Å²) in [5.41, 5.74) is 0. The third-order valence-electron chi connectivity index (χ3n) is 3.34. The summed E-state index contributed by atoms with van der Waals surface area (Å²) in [7, 11) is 0. The normalized spacial score (nSPS) is 10.5. The Hall–Kier alpha value is -1.30. The van der Waals surface area contributed by atoms with Crippen molar-refractivity contribution in [2.75, 3.05) is 19.8 Å². The molecule has 0 aliphatic rings. The molecular formula is C18H24Cl2O5. The molecule has 0 radical (unpaired) electrons. The van der Waals surface area contributed by atoms with Crippen LogP contribution in [0, 0.1) is 0 Å². The van der Waals surface area contributed by atoms with Gasteiger partial charge in [-0.2, -0.15) is 0 Å². The molecule has 0 atom stereocenters. The van der Waals surface area contributed by atoms with Gasteiger partial charge in [0, 0.05) is 0 Å². The van der Waals surface area contributed by atoms with Crippen molar-refractivity contribution in [1.29, 1.82) is 0 Å². The summed E-state index contributed by atoms with van der Waals surface area (Å²) >= 11 is 11.8. The molecule has 0 fully saturated rings. The maximum atomic E-state index is 11.7. The van der Waals surface area contributed by atoms with Crippen LogP contribution in [0.25, 0.3) is 0 Å². The van der Waals surface area contributed by atoms with E-state index in [1.165, 1.54) is 19.3 Å². The minimum atomic E-state index is -0.696. The maximum absolute atomic E-state index is 11.7. The largest absolute Gasteiger partial charge is 0.464 e. The Morgan fingerprint density at radius 3 is 2.20 bits per heavy atom. The van der Waals surface area contributed by atoms with Crippen molar-refractivity contribution in [1.82, 2.24) is 0 Å². The summed E-state index contributed by atoms with van der Waals surface area (Å²) in [5, 5.41) is 0.443. The lowest BCUT2D eigenvalue weighted by atomic mass is 10.1. The third-order valence-corrected chi connectivity index (χ3v) is 3.93. The van der Waals surface area contributed by atoms with E-state index < -0.39 is 18.5 Å². The molecule has 0 N–H and O–H groups in total. The van der Waals surface area contributed by atoms with Gasteiger partial charge in [-0.1, -0.05) is 68.3 Å². The van der Waals surface area contributed by atoms with E-state index in [1.807, 2.05) is 0 Å². The molecule has 1 aromatic carbocycles. The van der Waals surface area contributed by atoms with Crippen LogP contribution in [0.5, 0.6) is 5.75 Å². The molecule has 140 valence electrons. The maximum Gasteiger partial charge on any atom is 0.337 e. The van der Waals surface area contributed by atoms with Crippen LogP contribution < -0.4 is 4.74 Å². The van der Waals surface area contributed by atoms with Gasteiger partial charge in [0.05, 0.1) is 16.7 Å². The average Bonchev–Trinajstić information content (AvgIpc) is 2.57. The fourth-order valence-corrected chi connectivity index (χ4v) is 2.53. The van der Waals surface area contributed by atoms with Gasteiger partial charge in [0.2, 0.25) is 0 Å². The number of rotatable bonds is 12. The SMILES string of the molecule is CCCCCCCCOC(=O)COCC(=O)Oc1c(Cl)cccc1Cl. The van der Waals surface area contributed by atoms with Crippen LogP contribution in [-0.2, 0) is 19.1 Å². The molecule has 0 aliphatic heterocycles. The number of carbonyl (C=O) groups excluding carboxylic acids is 2. The van der Waals surface area contributed by atoms with Crippen LogP contribution in [0.1, 0.15) is 45.4 Å². The molecule has 0 aromatic heterocycles. The number of halogens is 2. The third kappa shape index (κ3) is 9.68. The summed E-state index contributed by atoms with van der Waals surface area (Å²) < 4.78 is 15.0. The fraction of sp³-hybridized carbons (Fsp3) is 0.556. The zero-order valence-electron chi connectivity index (χ0n) is 14.4. The van der Waals surface area contributed by atoms with Gasteiger partial charge >= 0.3 is 11.9 Å². The van der Waals surface area contributed by atoms with Crippen LogP contribution in [0.4, 0.5) is 0 Å². The second kappa shape index (κ2) is 13.0. The van der Waals surface area contributed by atoms with Crippen molar-refractivity contribution >= 4 is 35.1 Å². The first-order chi connectivity index (χ1) is 12.0. The highest BCUT2D eigenvalue weighted by atomic mass is 35.5. The number of hydrogen-bond acceptors (Lipinski definition) is 5. The molecule has 0 unspecified atom stereocenters. The van der Waals surface area contributed by atoms with Gasteiger partial charge in [0.25, 0.3) is 0 Å². The first-order valence-electron chi connectivity index (χ1n) is 8.42. The molecule has 0 heterocycles. The molecule has 0 bridgehead atoms. The Morgan fingerprint density at radius 1 is 0.920 bits per heavy atom. The quantitative estimate of drug-likeness (QED) is 0.290. The Kier molecular flexibility index (Phi) is 11.3. The van der Waals surface area contributed by atoms with Gasteiger partial charge in [-0.15, -0.1) is 0 Å². The standard InChI is InChI=1S/C18H24Cl2O5/c1-2-3-4-5-6-7-11-24-16(21)12-23-13-17(22)25-18-14(19)9-8-10-15(18)20/h8-10H,2-7,11-13H2,1H3. The molecule has 5 nitrogen and oxygen atoms in total. The second-order valence-electron chi connectivity index (χ2n) is 5.51. The molecular weight excluding hydrogens is 367 g/mol. The van der Waals surface area contributed by atoms with Crippen LogP contribution in [0.15, 0.2) is 18.2 Å². The molecule has 0 aliphatic carbocycles. The molecule has 0 saturated carbocycles. The lowest BCUT2D eigenvalue weighted by Gasteiger charge is -2.08. The molecule has 7 heteroatoms. The zero-order chi connectivity index (χ0) is 18.5. The first kappa shape index (κ1) is 21.7. The lowest BCUT2D eigenvalue weighted by Crippen LogP contribution is -2.20. The number of para-hydroxylation sites is 1. The van der Waals surface area contributed by atoms with E-state index in [4.69, 9.17) is 37.4 Å². The van der Waals surface area contributed by atoms with Crippen molar-refractivity contribution in [3.63, 3.8) is 0 Å². The molecule has 1 aromatic rings. The number of ether oxygens (including phenoxy) is 3.